The van der Waals surface area contributed by atoms with Crippen LogP contribution in [-0.4, -0.2) is 0 Å². The third-order valence-corrected chi connectivity index (χ3v) is 3.89. The number of benzene rings is 1. The van der Waals surface area contributed by atoms with E-state index in [0.29, 0.717) is 9.60 Å². The monoisotopic (exact) mass is 310 g/mol. The van der Waals surface area contributed by atoms with Crippen LogP contribution in [-0.2, 0) is 0 Å². The largest absolute Gasteiger partial charge is 0.204 e. The topological polar surface area (TPSA) is 0 Å². The lowest BCUT2D eigenvalue weighted by molar-refractivity contribution is 0.623. The minimum atomic E-state index is -0.191. The first kappa shape index (κ1) is 8.77. The van der Waals surface area contributed by atoms with Crippen molar-refractivity contribution in [1.82, 2.24) is 0 Å². The van der Waals surface area contributed by atoms with Crippen molar-refractivity contribution in [3.8, 4) is 0 Å². The van der Waals surface area contributed by atoms with Gasteiger partial charge in [-0.3, -0.25) is 0 Å². The number of halogens is 2. The van der Waals surface area contributed by atoms with Crippen molar-refractivity contribution >= 4 is 56.6 Å². The first-order valence-electron chi connectivity index (χ1n) is 3.25. The Morgan fingerprint density at radius 1 is 1.42 bits per heavy atom. The number of hydrogen-bond acceptors (Lipinski definition) is 2. The van der Waals surface area contributed by atoms with Gasteiger partial charge in [0.05, 0.1) is 4.21 Å². The third kappa shape index (κ3) is 1.25. The first-order valence-corrected chi connectivity index (χ1v) is 5.60. The van der Waals surface area contributed by atoms with Gasteiger partial charge in [0.1, 0.15) is 0 Å². The van der Waals surface area contributed by atoms with E-state index >= 15 is 0 Å². The van der Waals surface area contributed by atoms with Gasteiger partial charge in [-0.15, -0.1) is 24.0 Å². The molecule has 0 amide bonds. The number of thiophene rings is 1. The maximum atomic E-state index is 13.3. The zero-order chi connectivity index (χ0) is 8.72. The number of fused-ring (bicyclic) bond motifs is 1. The summed E-state index contributed by atoms with van der Waals surface area (Å²) in [6.07, 6.45) is 0. The second-order valence-electron chi connectivity index (χ2n) is 2.33. The predicted molar refractivity (Wildman–Crippen MR) is 61.8 cm³/mol. The molecule has 4 heteroatoms. The molecule has 12 heavy (non-hydrogen) atoms. The van der Waals surface area contributed by atoms with E-state index in [1.54, 1.807) is 0 Å². The Balaban J connectivity index is 2.97. The molecule has 62 valence electrons. The van der Waals surface area contributed by atoms with E-state index in [-0.39, 0.29) is 5.82 Å². The number of thiol groups is 1. The molecule has 0 aliphatic rings. The van der Waals surface area contributed by atoms with Crippen LogP contribution < -0.4 is 0 Å². The van der Waals surface area contributed by atoms with Crippen LogP contribution in [0, 0.1) is 9.39 Å². The minimum absolute atomic E-state index is 0.191. The average molecular weight is 310 g/mol. The summed E-state index contributed by atoms with van der Waals surface area (Å²) >= 11 is 7.55. The first-order chi connectivity index (χ1) is 5.70. The SMILES string of the molecule is Fc1c(S)sc2cccc(I)c12. The maximum absolute atomic E-state index is 13.3. The van der Waals surface area contributed by atoms with Gasteiger partial charge in [-0.05, 0) is 34.7 Å². The van der Waals surface area contributed by atoms with Gasteiger partial charge in [-0.1, -0.05) is 6.07 Å². The van der Waals surface area contributed by atoms with Crippen molar-refractivity contribution < 1.29 is 4.39 Å². The van der Waals surface area contributed by atoms with Crippen molar-refractivity contribution in [3.63, 3.8) is 0 Å². The molecule has 0 N–H and O–H groups in total. The van der Waals surface area contributed by atoms with Gasteiger partial charge in [-0.2, -0.15) is 0 Å². The highest BCUT2D eigenvalue weighted by atomic mass is 127. The molecular formula is C8H4FIS2. The Hall–Kier alpha value is 0.190. The molecule has 0 aliphatic carbocycles. The summed E-state index contributed by atoms with van der Waals surface area (Å²) in [5.41, 5.74) is 0. The molecule has 0 fully saturated rings. The summed E-state index contributed by atoms with van der Waals surface area (Å²) in [6.45, 7) is 0. The number of rotatable bonds is 0. The molecule has 0 spiro atoms. The highest BCUT2D eigenvalue weighted by Crippen LogP contribution is 2.34. The van der Waals surface area contributed by atoms with Crippen LogP contribution in [0.3, 0.4) is 0 Å². The standard InChI is InChI=1S/C8H4FIS2/c9-7-6-4(10)2-1-3-5(6)12-8(7)11/h1-3,11H. The average Bonchev–Trinajstić information content (AvgIpc) is 2.29. The quantitative estimate of drug-likeness (QED) is 0.553. The molecule has 2 rings (SSSR count). The zero-order valence-electron chi connectivity index (χ0n) is 5.84. The molecule has 0 saturated carbocycles. The Morgan fingerprint density at radius 2 is 2.17 bits per heavy atom. The second kappa shape index (κ2) is 3.16. The van der Waals surface area contributed by atoms with Crippen LogP contribution in [0.2, 0.25) is 0 Å². The number of hydrogen-bond donors (Lipinski definition) is 1. The van der Waals surface area contributed by atoms with E-state index in [1.165, 1.54) is 11.3 Å². The van der Waals surface area contributed by atoms with Crippen molar-refractivity contribution in [3.05, 3.63) is 27.6 Å². The van der Waals surface area contributed by atoms with Crippen molar-refractivity contribution in [1.29, 1.82) is 0 Å². The maximum Gasteiger partial charge on any atom is 0.156 e. The Bertz CT molecular complexity index is 436. The van der Waals surface area contributed by atoms with E-state index in [1.807, 2.05) is 18.2 Å². The molecule has 0 nitrogen and oxygen atoms in total. The Labute approximate surface area is 92.3 Å². The van der Waals surface area contributed by atoms with Crippen LogP contribution >= 0.6 is 46.6 Å². The van der Waals surface area contributed by atoms with Gasteiger partial charge >= 0.3 is 0 Å². The lowest BCUT2D eigenvalue weighted by atomic mass is 10.3. The molecule has 0 atom stereocenters. The molecule has 0 aliphatic heterocycles. The van der Waals surface area contributed by atoms with Crippen molar-refractivity contribution in [2.75, 3.05) is 0 Å². The fraction of sp³-hybridized carbons (Fsp3) is 0. The van der Waals surface area contributed by atoms with Crippen molar-refractivity contribution in [2.24, 2.45) is 0 Å². The van der Waals surface area contributed by atoms with E-state index in [2.05, 4.69) is 35.2 Å². The fourth-order valence-corrected chi connectivity index (χ4v) is 3.23. The second-order valence-corrected chi connectivity index (χ2v) is 5.30. The molecule has 0 radical (unpaired) electrons. The highest BCUT2D eigenvalue weighted by molar-refractivity contribution is 14.1. The fourth-order valence-electron chi connectivity index (χ4n) is 1.06. The molecule has 0 saturated heterocycles. The molecular weight excluding hydrogens is 306 g/mol. The van der Waals surface area contributed by atoms with Gasteiger partial charge in [0.15, 0.2) is 5.82 Å². The highest BCUT2D eigenvalue weighted by Gasteiger charge is 2.10. The van der Waals surface area contributed by atoms with E-state index in [4.69, 9.17) is 0 Å². The van der Waals surface area contributed by atoms with Crippen LogP contribution in [0.4, 0.5) is 4.39 Å². The minimum Gasteiger partial charge on any atom is -0.204 e. The summed E-state index contributed by atoms with van der Waals surface area (Å²) in [7, 11) is 0. The van der Waals surface area contributed by atoms with Crippen LogP contribution in [0.15, 0.2) is 22.4 Å². The van der Waals surface area contributed by atoms with Crippen LogP contribution in [0.25, 0.3) is 10.1 Å². The van der Waals surface area contributed by atoms with Gasteiger partial charge in [0, 0.05) is 13.7 Å². The molecule has 1 aromatic carbocycles. The molecule has 2 aromatic rings. The van der Waals surface area contributed by atoms with Gasteiger partial charge in [0.2, 0.25) is 0 Å². The summed E-state index contributed by atoms with van der Waals surface area (Å²) < 4.78 is 15.7. The summed E-state index contributed by atoms with van der Waals surface area (Å²) in [6, 6.07) is 5.73. The third-order valence-electron chi connectivity index (χ3n) is 1.59. The van der Waals surface area contributed by atoms with Gasteiger partial charge < -0.3 is 0 Å². The molecule has 0 unspecified atom stereocenters. The van der Waals surface area contributed by atoms with Gasteiger partial charge in [0.25, 0.3) is 0 Å². The van der Waals surface area contributed by atoms with E-state index in [0.717, 1.165) is 8.27 Å². The lowest BCUT2D eigenvalue weighted by Gasteiger charge is -1.91. The Kier molecular flexibility index (Phi) is 2.31. The lowest BCUT2D eigenvalue weighted by Crippen LogP contribution is -1.74. The van der Waals surface area contributed by atoms with Crippen LogP contribution in [0.5, 0.6) is 0 Å². The van der Waals surface area contributed by atoms with E-state index < -0.39 is 0 Å². The predicted octanol–water partition coefficient (Wildman–Crippen LogP) is 3.93. The van der Waals surface area contributed by atoms with Crippen molar-refractivity contribution in [2.45, 2.75) is 4.21 Å². The molecule has 0 bridgehead atoms. The molecule has 1 aromatic heterocycles. The smallest absolute Gasteiger partial charge is 0.156 e. The normalized spacial score (nSPS) is 10.9. The van der Waals surface area contributed by atoms with Gasteiger partial charge in [-0.25, -0.2) is 4.39 Å². The van der Waals surface area contributed by atoms with E-state index in [9.17, 15) is 4.39 Å². The zero-order valence-corrected chi connectivity index (χ0v) is 9.71. The Morgan fingerprint density at radius 3 is 2.83 bits per heavy atom. The summed E-state index contributed by atoms with van der Waals surface area (Å²) in [5, 5.41) is 0.702. The molecule has 1 heterocycles. The van der Waals surface area contributed by atoms with Crippen LogP contribution in [0.1, 0.15) is 0 Å². The summed E-state index contributed by atoms with van der Waals surface area (Å²) in [4.78, 5) is 0. The summed E-state index contributed by atoms with van der Waals surface area (Å²) in [5.74, 6) is -0.191.